The van der Waals surface area contributed by atoms with Crippen molar-refractivity contribution in [3.05, 3.63) is 89.0 Å². The molecule has 1 aliphatic heterocycles. The Kier molecular flexibility index (Phi) is 7.61. The Morgan fingerprint density at radius 1 is 1.05 bits per heavy atom. The maximum absolute atomic E-state index is 13.1. The minimum Gasteiger partial charge on any atom is -0.423 e. The zero-order valence-corrected chi connectivity index (χ0v) is 21.2. The van der Waals surface area contributed by atoms with Gasteiger partial charge in [0.15, 0.2) is 0 Å². The van der Waals surface area contributed by atoms with Crippen molar-refractivity contribution in [1.29, 1.82) is 0 Å². The van der Waals surface area contributed by atoms with Crippen molar-refractivity contribution < 1.29 is 35.9 Å². The number of hydrogen-bond acceptors (Lipinski definition) is 5. The number of halogens is 3. The van der Waals surface area contributed by atoms with E-state index in [1.165, 1.54) is 30.3 Å². The highest BCUT2D eigenvalue weighted by molar-refractivity contribution is 7.89. The number of nitrogens with zero attached hydrogens (tertiary/aromatic N) is 1. The molecule has 3 aromatic rings. The normalized spacial score (nSPS) is 16.1. The second-order valence-electron chi connectivity index (χ2n) is 8.85. The van der Waals surface area contributed by atoms with E-state index in [1.54, 1.807) is 31.2 Å². The molecule has 38 heavy (non-hydrogen) atoms. The fraction of sp³-hybridized carbons (Fsp3) is 0.259. The number of hydrogen-bond donors (Lipinski definition) is 1. The van der Waals surface area contributed by atoms with E-state index in [1.807, 2.05) is 0 Å². The number of primary amides is 1. The second kappa shape index (κ2) is 10.6. The Morgan fingerprint density at radius 3 is 2.37 bits per heavy atom. The SMILES string of the molecule is CCCS(=O)(=O)N1CCc2cc(OC(=O)c3ccccc3-c3ccc(C(F)(F)F)cc3)ccc2C1C(N)=O. The van der Waals surface area contributed by atoms with Gasteiger partial charge in [0.05, 0.1) is 16.9 Å². The van der Waals surface area contributed by atoms with Gasteiger partial charge in [0.1, 0.15) is 11.8 Å². The zero-order valence-electron chi connectivity index (χ0n) is 20.4. The molecule has 0 spiro atoms. The van der Waals surface area contributed by atoms with Crippen molar-refractivity contribution in [3.63, 3.8) is 0 Å². The van der Waals surface area contributed by atoms with Crippen LogP contribution in [0.5, 0.6) is 5.75 Å². The largest absolute Gasteiger partial charge is 0.423 e. The average Bonchev–Trinajstić information content (AvgIpc) is 2.87. The molecule has 7 nitrogen and oxygen atoms in total. The van der Waals surface area contributed by atoms with Gasteiger partial charge in [-0.05, 0) is 65.4 Å². The number of fused-ring (bicyclic) bond motifs is 1. The molecule has 1 amide bonds. The first-order chi connectivity index (χ1) is 17.9. The molecule has 200 valence electrons. The number of ether oxygens (including phenoxy) is 1. The van der Waals surface area contributed by atoms with Crippen molar-refractivity contribution in [2.45, 2.75) is 32.0 Å². The molecule has 3 aromatic carbocycles. The molecule has 0 saturated carbocycles. The highest BCUT2D eigenvalue weighted by Gasteiger charge is 2.38. The molecule has 2 N–H and O–H groups in total. The van der Waals surface area contributed by atoms with Crippen molar-refractivity contribution in [2.75, 3.05) is 12.3 Å². The summed E-state index contributed by atoms with van der Waals surface area (Å²) in [5.41, 5.74) is 6.78. The Hall–Kier alpha value is -3.70. The van der Waals surface area contributed by atoms with E-state index in [9.17, 15) is 31.2 Å². The first kappa shape index (κ1) is 27.3. The van der Waals surface area contributed by atoms with Crippen molar-refractivity contribution >= 4 is 21.9 Å². The van der Waals surface area contributed by atoms with Gasteiger partial charge in [0.25, 0.3) is 0 Å². The summed E-state index contributed by atoms with van der Waals surface area (Å²) in [7, 11) is -3.69. The lowest BCUT2D eigenvalue weighted by molar-refractivity contribution is -0.137. The monoisotopic (exact) mass is 546 g/mol. The minimum absolute atomic E-state index is 0.0527. The van der Waals surface area contributed by atoms with Crippen molar-refractivity contribution in [1.82, 2.24) is 4.31 Å². The lowest BCUT2D eigenvalue weighted by Gasteiger charge is -2.34. The number of esters is 1. The third-order valence-electron chi connectivity index (χ3n) is 6.27. The van der Waals surface area contributed by atoms with Gasteiger partial charge in [-0.25, -0.2) is 13.2 Å². The van der Waals surface area contributed by atoms with Crippen LogP contribution in [0.3, 0.4) is 0 Å². The van der Waals surface area contributed by atoms with Crippen LogP contribution in [0.2, 0.25) is 0 Å². The topological polar surface area (TPSA) is 107 Å². The summed E-state index contributed by atoms with van der Waals surface area (Å²) in [6.07, 6.45) is -3.80. The summed E-state index contributed by atoms with van der Waals surface area (Å²) in [5.74, 6) is -1.47. The van der Waals surface area contributed by atoms with Crippen LogP contribution >= 0.6 is 0 Å². The summed E-state index contributed by atoms with van der Waals surface area (Å²) >= 11 is 0. The highest BCUT2D eigenvalue weighted by atomic mass is 32.2. The minimum atomic E-state index is -4.48. The Morgan fingerprint density at radius 2 is 1.74 bits per heavy atom. The van der Waals surface area contributed by atoms with Crippen LogP contribution in [0.1, 0.15) is 46.4 Å². The molecule has 1 aliphatic rings. The molecule has 0 fully saturated rings. The van der Waals surface area contributed by atoms with Crippen LogP contribution < -0.4 is 10.5 Å². The van der Waals surface area contributed by atoms with Gasteiger partial charge in [0.2, 0.25) is 15.9 Å². The molecule has 0 saturated heterocycles. The fourth-order valence-corrected chi connectivity index (χ4v) is 6.19. The Balaban J connectivity index is 1.60. The Bertz CT molecular complexity index is 1470. The first-order valence-corrected chi connectivity index (χ1v) is 13.4. The van der Waals surface area contributed by atoms with Gasteiger partial charge >= 0.3 is 12.1 Å². The standard InChI is InChI=1S/C27H25F3N2O5S/c1-2-15-38(35,36)32-14-13-18-16-20(11-12-22(18)24(32)25(31)33)37-26(34)23-6-4-3-5-21(23)17-7-9-19(10-8-17)27(28,29)30/h3-12,16,24H,2,13-15H2,1H3,(H2,31,33). The maximum Gasteiger partial charge on any atom is 0.416 e. The van der Waals surface area contributed by atoms with E-state index in [0.29, 0.717) is 28.7 Å². The molecule has 0 aliphatic carbocycles. The molecule has 1 heterocycles. The van der Waals surface area contributed by atoms with E-state index in [-0.39, 0.29) is 30.0 Å². The number of nitrogens with two attached hydrogens (primary N) is 1. The lowest BCUT2D eigenvalue weighted by Crippen LogP contribution is -2.46. The van der Waals surface area contributed by atoms with Crippen LogP contribution in [0.15, 0.2) is 66.7 Å². The second-order valence-corrected chi connectivity index (χ2v) is 10.9. The fourth-order valence-electron chi connectivity index (χ4n) is 4.53. The predicted octanol–water partition coefficient (Wildman–Crippen LogP) is 4.72. The number of amides is 1. The maximum atomic E-state index is 13.1. The summed E-state index contributed by atoms with van der Waals surface area (Å²) in [4.78, 5) is 25.3. The van der Waals surface area contributed by atoms with Gasteiger partial charge in [-0.1, -0.05) is 43.3 Å². The number of alkyl halides is 3. The van der Waals surface area contributed by atoms with E-state index in [4.69, 9.17) is 10.5 Å². The summed E-state index contributed by atoms with van der Waals surface area (Å²) in [5, 5.41) is 0. The Labute approximate surface area is 218 Å². The number of carbonyl (C=O) groups excluding carboxylic acids is 2. The van der Waals surface area contributed by atoms with Gasteiger partial charge < -0.3 is 10.5 Å². The van der Waals surface area contributed by atoms with Crippen molar-refractivity contribution in [3.8, 4) is 16.9 Å². The van der Waals surface area contributed by atoms with E-state index < -0.39 is 39.7 Å². The lowest BCUT2D eigenvalue weighted by atomic mass is 9.93. The molecule has 1 unspecified atom stereocenters. The molecule has 1 atom stereocenters. The van der Waals surface area contributed by atoms with Crippen LogP contribution in [0, 0.1) is 0 Å². The quantitative estimate of drug-likeness (QED) is 0.341. The van der Waals surface area contributed by atoms with Gasteiger partial charge in [-0.2, -0.15) is 17.5 Å². The van der Waals surface area contributed by atoms with Crippen LogP contribution in [-0.2, 0) is 27.4 Å². The molecule has 11 heteroatoms. The number of benzene rings is 3. The predicted molar refractivity (Wildman–Crippen MR) is 135 cm³/mol. The van der Waals surface area contributed by atoms with Crippen molar-refractivity contribution in [2.24, 2.45) is 5.73 Å². The van der Waals surface area contributed by atoms with E-state index >= 15 is 0 Å². The summed E-state index contributed by atoms with van der Waals surface area (Å²) in [6, 6.07) is 14.2. The zero-order chi connectivity index (χ0) is 27.7. The summed E-state index contributed by atoms with van der Waals surface area (Å²) < 4.78 is 70.9. The third-order valence-corrected chi connectivity index (χ3v) is 8.30. The number of rotatable bonds is 7. The molecule has 4 rings (SSSR count). The number of carbonyl (C=O) groups is 2. The smallest absolute Gasteiger partial charge is 0.416 e. The van der Waals surface area contributed by atoms with Crippen LogP contribution in [-0.4, -0.2) is 36.9 Å². The highest BCUT2D eigenvalue weighted by Crippen LogP contribution is 2.35. The first-order valence-electron chi connectivity index (χ1n) is 11.8. The summed E-state index contributed by atoms with van der Waals surface area (Å²) in [6.45, 7) is 1.78. The third kappa shape index (κ3) is 5.58. The molecule has 0 aromatic heterocycles. The average molecular weight is 547 g/mol. The van der Waals surface area contributed by atoms with Gasteiger partial charge in [-0.15, -0.1) is 0 Å². The van der Waals surface area contributed by atoms with Gasteiger partial charge in [-0.3, -0.25) is 4.79 Å². The van der Waals surface area contributed by atoms with E-state index in [0.717, 1.165) is 16.4 Å². The van der Waals surface area contributed by atoms with Crippen LogP contribution in [0.4, 0.5) is 13.2 Å². The molecular weight excluding hydrogens is 521 g/mol. The van der Waals surface area contributed by atoms with E-state index in [2.05, 4.69) is 0 Å². The molecule has 0 radical (unpaired) electrons. The molecular formula is C27H25F3N2O5S. The molecule has 0 bridgehead atoms. The van der Waals surface area contributed by atoms with Crippen LogP contribution in [0.25, 0.3) is 11.1 Å². The number of sulfonamides is 1. The van der Waals surface area contributed by atoms with Gasteiger partial charge in [0, 0.05) is 6.54 Å².